The summed E-state index contributed by atoms with van der Waals surface area (Å²) in [6.45, 7) is 0. The summed E-state index contributed by atoms with van der Waals surface area (Å²) >= 11 is 0. The van der Waals surface area contributed by atoms with Gasteiger partial charge in [0.2, 0.25) is 5.71 Å². The number of benzene rings is 3. The van der Waals surface area contributed by atoms with Crippen molar-refractivity contribution in [3.63, 3.8) is 0 Å². The Morgan fingerprint density at radius 1 is 0.844 bits per heavy atom. The molecule has 3 aromatic carbocycles. The standard InChI is InChI=1S/C24H16F3NO3S/c1-32(29,30)20-10-8-16(9-11-20)22-23(18-7-6-15-4-2-3-5-17(15)12-18)31-21-13-19(14-28(21)22)24(25,26)27/h2-14H,1H3. The molecule has 0 aliphatic carbocycles. The largest absolute Gasteiger partial charge is 0.438 e. The van der Waals surface area contributed by atoms with Gasteiger partial charge in [0.15, 0.2) is 15.6 Å². The van der Waals surface area contributed by atoms with Crippen LogP contribution in [0, 0.1) is 0 Å². The third kappa shape index (κ3) is 3.46. The number of fused-ring (bicyclic) bond motifs is 2. The fourth-order valence-corrected chi connectivity index (χ4v) is 4.40. The molecule has 0 N–H and O–H groups in total. The molecule has 0 amide bonds. The van der Waals surface area contributed by atoms with Crippen LogP contribution in [0.2, 0.25) is 0 Å². The number of hydrogen-bond donors (Lipinski definition) is 0. The number of oxazole rings is 1. The van der Waals surface area contributed by atoms with Gasteiger partial charge in [0.05, 0.1) is 16.2 Å². The Labute approximate surface area is 181 Å². The Morgan fingerprint density at radius 3 is 2.16 bits per heavy atom. The van der Waals surface area contributed by atoms with Gasteiger partial charge in [-0.1, -0.05) is 48.5 Å². The van der Waals surface area contributed by atoms with Crippen molar-refractivity contribution >= 4 is 26.3 Å². The van der Waals surface area contributed by atoms with Gasteiger partial charge in [-0.25, -0.2) is 8.42 Å². The molecule has 0 aliphatic heterocycles. The zero-order chi connectivity index (χ0) is 22.7. The van der Waals surface area contributed by atoms with Crippen molar-refractivity contribution in [2.24, 2.45) is 0 Å². The number of sulfone groups is 1. The second-order valence-electron chi connectivity index (χ2n) is 7.57. The van der Waals surface area contributed by atoms with Crippen molar-refractivity contribution in [3.05, 3.63) is 84.6 Å². The van der Waals surface area contributed by atoms with Crippen molar-refractivity contribution < 1.29 is 26.0 Å². The number of hydrogen-bond acceptors (Lipinski definition) is 3. The average Bonchev–Trinajstić information content (AvgIpc) is 3.31. The van der Waals surface area contributed by atoms with Crippen molar-refractivity contribution in [1.29, 1.82) is 0 Å². The number of halogens is 3. The maximum Gasteiger partial charge on any atom is 0.418 e. The first kappa shape index (κ1) is 20.4. The first-order valence-corrected chi connectivity index (χ1v) is 11.5. The maximum atomic E-state index is 13.3. The lowest BCUT2D eigenvalue weighted by Gasteiger charge is -2.07. The minimum atomic E-state index is -4.52. The first-order chi connectivity index (χ1) is 15.1. The summed E-state index contributed by atoms with van der Waals surface area (Å²) in [6.07, 6.45) is -2.43. The van der Waals surface area contributed by atoms with Crippen LogP contribution >= 0.6 is 0 Å². The van der Waals surface area contributed by atoms with E-state index >= 15 is 0 Å². The number of aromatic nitrogens is 1. The van der Waals surface area contributed by atoms with E-state index in [1.165, 1.54) is 16.5 Å². The monoisotopic (exact) mass is 455 g/mol. The molecule has 0 radical (unpaired) electrons. The Balaban J connectivity index is 1.76. The first-order valence-electron chi connectivity index (χ1n) is 9.63. The highest BCUT2D eigenvalue weighted by atomic mass is 32.2. The van der Waals surface area contributed by atoms with Crippen molar-refractivity contribution in [1.82, 2.24) is 4.40 Å². The van der Waals surface area contributed by atoms with Gasteiger partial charge in [0.1, 0.15) is 0 Å². The van der Waals surface area contributed by atoms with Crippen LogP contribution in [0.4, 0.5) is 13.2 Å². The van der Waals surface area contributed by atoms with E-state index in [0.717, 1.165) is 29.3 Å². The van der Waals surface area contributed by atoms with Gasteiger partial charge in [-0.2, -0.15) is 13.2 Å². The van der Waals surface area contributed by atoms with Crippen LogP contribution in [0.25, 0.3) is 39.1 Å². The summed E-state index contributed by atoms with van der Waals surface area (Å²) in [5, 5.41) is 1.98. The van der Waals surface area contributed by atoms with E-state index in [-0.39, 0.29) is 10.6 Å². The molecule has 0 spiro atoms. The third-order valence-electron chi connectivity index (χ3n) is 5.34. The normalized spacial score (nSPS) is 12.6. The Morgan fingerprint density at radius 2 is 1.50 bits per heavy atom. The Kier molecular flexibility index (Phi) is 4.46. The minimum absolute atomic E-state index is 0.0441. The highest BCUT2D eigenvalue weighted by molar-refractivity contribution is 7.90. The Bertz CT molecular complexity index is 1580. The number of nitrogens with zero attached hydrogens (tertiary/aromatic N) is 1. The molecule has 0 atom stereocenters. The molecule has 0 fully saturated rings. The van der Waals surface area contributed by atoms with E-state index in [1.54, 1.807) is 12.1 Å². The second-order valence-corrected chi connectivity index (χ2v) is 9.59. The van der Waals surface area contributed by atoms with Crippen LogP contribution in [0.15, 0.2) is 88.3 Å². The molecule has 0 unspecified atom stereocenters. The van der Waals surface area contributed by atoms with E-state index < -0.39 is 21.6 Å². The van der Waals surface area contributed by atoms with E-state index in [2.05, 4.69) is 0 Å². The molecule has 5 rings (SSSR count). The molecule has 4 nitrogen and oxygen atoms in total. The average molecular weight is 455 g/mol. The lowest BCUT2D eigenvalue weighted by atomic mass is 10.0. The van der Waals surface area contributed by atoms with Crippen LogP contribution in [0.3, 0.4) is 0 Å². The summed E-state index contributed by atoms with van der Waals surface area (Å²) in [6, 6.07) is 20.4. The third-order valence-corrected chi connectivity index (χ3v) is 6.47. The lowest BCUT2D eigenvalue weighted by Crippen LogP contribution is -2.02. The molecule has 32 heavy (non-hydrogen) atoms. The Hall–Kier alpha value is -3.52. The zero-order valence-electron chi connectivity index (χ0n) is 16.7. The molecule has 8 heteroatoms. The second kappa shape index (κ2) is 7.00. The fraction of sp³-hybridized carbons (Fsp3) is 0.0833. The van der Waals surface area contributed by atoms with E-state index in [4.69, 9.17) is 4.42 Å². The van der Waals surface area contributed by atoms with Crippen molar-refractivity contribution in [2.45, 2.75) is 11.1 Å². The predicted octanol–water partition coefficient (Wildman–Crippen LogP) is 6.44. The highest BCUT2D eigenvalue weighted by Crippen LogP contribution is 2.40. The summed E-state index contributed by atoms with van der Waals surface area (Å²) < 4.78 is 70.8. The lowest BCUT2D eigenvalue weighted by molar-refractivity contribution is -0.137. The van der Waals surface area contributed by atoms with Crippen LogP contribution in [-0.4, -0.2) is 19.1 Å². The fourth-order valence-electron chi connectivity index (χ4n) is 3.77. The summed E-state index contributed by atoms with van der Waals surface area (Å²) in [7, 11) is -3.41. The molecular formula is C24H16F3NO3S. The van der Waals surface area contributed by atoms with Crippen LogP contribution in [0.5, 0.6) is 0 Å². The van der Waals surface area contributed by atoms with Crippen molar-refractivity contribution in [2.75, 3.05) is 6.26 Å². The summed E-state index contributed by atoms with van der Waals surface area (Å²) in [4.78, 5) is 0.122. The number of alkyl halides is 3. The SMILES string of the molecule is CS(=O)(=O)c1ccc(-c2c(-c3ccc4ccccc4c3)oc3cc(C(F)(F)F)cn23)cc1. The van der Waals surface area contributed by atoms with Crippen molar-refractivity contribution in [3.8, 4) is 22.6 Å². The van der Waals surface area contributed by atoms with E-state index in [9.17, 15) is 21.6 Å². The van der Waals surface area contributed by atoms with Crippen LogP contribution in [-0.2, 0) is 16.0 Å². The molecule has 162 valence electrons. The minimum Gasteiger partial charge on any atom is -0.438 e. The van der Waals surface area contributed by atoms with Crippen LogP contribution in [0.1, 0.15) is 5.56 Å². The van der Waals surface area contributed by atoms with Gasteiger partial charge >= 0.3 is 6.18 Å². The summed E-state index contributed by atoms with van der Waals surface area (Å²) in [5.74, 6) is 0.395. The topological polar surface area (TPSA) is 51.7 Å². The molecule has 0 aliphatic rings. The zero-order valence-corrected chi connectivity index (χ0v) is 17.5. The van der Waals surface area contributed by atoms with E-state index in [1.807, 2.05) is 42.5 Å². The molecule has 2 heterocycles. The molecule has 0 saturated carbocycles. The van der Waals surface area contributed by atoms with Gasteiger partial charge in [0.25, 0.3) is 0 Å². The smallest absolute Gasteiger partial charge is 0.418 e. The van der Waals surface area contributed by atoms with Gasteiger partial charge in [-0.15, -0.1) is 0 Å². The molecular weight excluding hydrogens is 439 g/mol. The molecule has 5 aromatic rings. The van der Waals surface area contributed by atoms with Crippen LogP contribution < -0.4 is 0 Å². The predicted molar refractivity (Wildman–Crippen MR) is 116 cm³/mol. The van der Waals surface area contributed by atoms with E-state index in [0.29, 0.717) is 22.6 Å². The number of rotatable bonds is 3. The maximum absolute atomic E-state index is 13.3. The molecule has 0 saturated heterocycles. The quantitative estimate of drug-likeness (QED) is 0.315. The highest BCUT2D eigenvalue weighted by Gasteiger charge is 2.33. The van der Waals surface area contributed by atoms with Gasteiger partial charge < -0.3 is 4.42 Å². The molecule has 0 bridgehead atoms. The van der Waals surface area contributed by atoms with Gasteiger partial charge in [-0.3, -0.25) is 4.40 Å². The summed E-state index contributed by atoms with van der Waals surface area (Å²) in [5.41, 5.74) is 0.857. The van der Waals surface area contributed by atoms with Gasteiger partial charge in [-0.05, 0) is 29.0 Å². The van der Waals surface area contributed by atoms with Gasteiger partial charge in [0, 0.05) is 29.6 Å². The molecule has 2 aromatic heterocycles.